The van der Waals surface area contributed by atoms with Crippen LogP contribution in [0.3, 0.4) is 0 Å². The minimum atomic E-state index is -0.130. The summed E-state index contributed by atoms with van der Waals surface area (Å²) < 4.78 is 2.62. The molecule has 1 unspecified atom stereocenters. The largest absolute Gasteiger partial charge is 0.323 e. The van der Waals surface area contributed by atoms with Gasteiger partial charge in [-0.05, 0) is 48.0 Å². The Bertz CT molecular complexity index is 550. The van der Waals surface area contributed by atoms with Crippen molar-refractivity contribution in [3.63, 3.8) is 0 Å². The van der Waals surface area contributed by atoms with E-state index in [2.05, 4.69) is 26.2 Å². The number of hydrogen-bond donors (Lipinski definition) is 1. The highest BCUT2D eigenvalue weighted by atomic mass is 79.9. The fourth-order valence-corrected chi connectivity index (χ4v) is 2.49. The molecule has 1 atom stereocenters. The molecule has 2 rings (SSSR count). The van der Waals surface area contributed by atoms with Crippen molar-refractivity contribution in [3.8, 4) is 5.69 Å². The SMILES string of the molecule is Cc1c(C(C)N)nnn1-c1ccc(Cl)cc1Br. The lowest BCUT2D eigenvalue weighted by molar-refractivity contribution is 0.756. The van der Waals surface area contributed by atoms with Crippen LogP contribution in [0.5, 0.6) is 0 Å². The summed E-state index contributed by atoms with van der Waals surface area (Å²) in [6, 6.07) is 5.39. The van der Waals surface area contributed by atoms with Gasteiger partial charge in [-0.25, -0.2) is 4.68 Å². The lowest BCUT2D eigenvalue weighted by atomic mass is 10.2. The molecule has 0 saturated heterocycles. The number of nitrogens with zero attached hydrogens (tertiary/aromatic N) is 3. The molecule has 2 aromatic rings. The van der Waals surface area contributed by atoms with Crippen LogP contribution in [0.15, 0.2) is 22.7 Å². The Morgan fingerprint density at radius 3 is 2.71 bits per heavy atom. The zero-order valence-electron chi connectivity index (χ0n) is 9.48. The van der Waals surface area contributed by atoms with Crippen molar-refractivity contribution in [1.82, 2.24) is 15.0 Å². The van der Waals surface area contributed by atoms with Crippen LogP contribution < -0.4 is 5.73 Å². The average molecular weight is 316 g/mol. The van der Waals surface area contributed by atoms with E-state index in [0.29, 0.717) is 5.02 Å². The van der Waals surface area contributed by atoms with E-state index in [-0.39, 0.29) is 6.04 Å². The third-order valence-electron chi connectivity index (χ3n) is 2.50. The molecule has 0 aliphatic rings. The molecular weight excluding hydrogens is 304 g/mol. The van der Waals surface area contributed by atoms with Gasteiger partial charge >= 0.3 is 0 Å². The first kappa shape index (κ1) is 12.5. The van der Waals surface area contributed by atoms with Crippen molar-refractivity contribution in [2.45, 2.75) is 19.9 Å². The molecular formula is C11H12BrClN4. The molecule has 0 radical (unpaired) electrons. The number of aromatic nitrogens is 3. The lowest BCUT2D eigenvalue weighted by Crippen LogP contribution is -2.08. The van der Waals surface area contributed by atoms with Gasteiger partial charge in [0.15, 0.2) is 0 Å². The number of hydrogen-bond acceptors (Lipinski definition) is 3. The molecule has 0 aliphatic heterocycles. The van der Waals surface area contributed by atoms with Crippen molar-refractivity contribution < 1.29 is 0 Å². The molecule has 6 heteroatoms. The van der Waals surface area contributed by atoms with Crippen LogP contribution in [0.2, 0.25) is 5.02 Å². The predicted octanol–water partition coefficient (Wildman–Crippen LogP) is 3.01. The average Bonchev–Trinajstić information content (AvgIpc) is 2.60. The minimum Gasteiger partial charge on any atom is -0.323 e. The Kier molecular flexibility index (Phi) is 3.51. The van der Waals surface area contributed by atoms with Gasteiger partial charge in [0, 0.05) is 15.5 Å². The van der Waals surface area contributed by atoms with E-state index >= 15 is 0 Å². The molecule has 0 aliphatic carbocycles. The number of nitrogens with two attached hydrogens (primary N) is 1. The van der Waals surface area contributed by atoms with Crippen molar-refractivity contribution in [1.29, 1.82) is 0 Å². The van der Waals surface area contributed by atoms with E-state index in [0.717, 1.165) is 21.5 Å². The summed E-state index contributed by atoms with van der Waals surface area (Å²) in [7, 11) is 0. The standard InChI is InChI=1S/C11H12BrClN4/c1-6(14)11-7(2)17(16-15-11)10-4-3-8(13)5-9(10)12/h3-6H,14H2,1-2H3. The van der Waals surface area contributed by atoms with Crippen LogP contribution in [0.1, 0.15) is 24.4 Å². The summed E-state index contributed by atoms with van der Waals surface area (Å²) in [4.78, 5) is 0. The van der Waals surface area contributed by atoms with Gasteiger partial charge in [0.25, 0.3) is 0 Å². The Labute approximate surface area is 113 Å². The molecule has 1 heterocycles. The van der Waals surface area contributed by atoms with E-state index in [4.69, 9.17) is 17.3 Å². The zero-order chi connectivity index (χ0) is 12.6. The summed E-state index contributed by atoms with van der Waals surface area (Å²) in [5.41, 5.74) is 8.45. The normalized spacial score (nSPS) is 12.8. The smallest absolute Gasteiger partial charge is 0.102 e. The highest BCUT2D eigenvalue weighted by Crippen LogP contribution is 2.26. The molecule has 0 saturated carbocycles. The van der Waals surface area contributed by atoms with Crippen LogP contribution in [-0.2, 0) is 0 Å². The second kappa shape index (κ2) is 4.76. The Balaban J connectivity index is 2.54. The van der Waals surface area contributed by atoms with Crippen molar-refractivity contribution >= 4 is 27.5 Å². The molecule has 0 fully saturated rings. The van der Waals surface area contributed by atoms with Crippen molar-refractivity contribution in [3.05, 3.63) is 39.1 Å². The maximum absolute atomic E-state index is 5.90. The van der Waals surface area contributed by atoms with Crippen LogP contribution in [0, 0.1) is 6.92 Å². The molecule has 0 spiro atoms. The minimum absolute atomic E-state index is 0.130. The fourth-order valence-electron chi connectivity index (χ4n) is 1.64. The van der Waals surface area contributed by atoms with E-state index in [1.807, 2.05) is 32.0 Å². The van der Waals surface area contributed by atoms with E-state index in [1.165, 1.54) is 0 Å². The molecule has 0 amide bonds. The Morgan fingerprint density at radius 1 is 1.47 bits per heavy atom. The summed E-state index contributed by atoms with van der Waals surface area (Å²) in [5, 5.41) is 8.87. The summed E-state index contributed by atoms with van der Waals surface area (Å²) in [5.74, 6) is 0. The summed E-state index contributed by atoms with van der Waals surface area (Å²) in [6.45, 7) is 3.83. The molecule has 1 aromatic carbocycles. The van der Waals surface area contributed by atoms with Crippen LogP contribution in [0.25, 0.3) is 5.69 Å². The molecule has 90 valence electrons. The first-order valence-corrected chi connectivity index (χ1v) is 6.31. The third-order valence-corrected chi connectivity index (χ3v) is 3.37. The fraction of sp³-hybridized carbons (Fsp3) is 0.273. The van der Waals surface area contributed by atoms with Gasteiger partial charge < -0.3 is 5.73 Å². The predicted molar refractivity (Wildman–Crippen MR) is 71.4 cm³/mol. The monoisotopic (exact) mass is 314 g/mol. The molecule has 0 bridgehead atoms. The van der Waals surface area contributed by atoms with Gasteiger partial charge in [0.2, 0.25) is 0 Å². The summed E-state index contributed by atoms with van der Waals surface area (Å²) in [6.07, 6.45) is 0. The van der Waals surface area contributed by atoms with Gasteiger partial charge in [-0.15, -0.1) is 5.10 Å². The first-order valence-electron chi connectivity index (χ1n) is 5.14. The number of rotatable bonds is 2. The van der Waals surface area contributed by atoms with Gasteiger partial charge in [-0.1, -0.05) is 16.8 Å². The van der Waals surface area contributed by atoms with Crippen molar-refractivity contribution in [2.75, 3.05) is 0 Å². The molecule has 4 nitrogen and oxygen atoms in total. The van der Waals surface area contributed by atoms with Crippen LogP contribution in [0.4, 0.5) is 0 Å². The summed E-state index contributed by atoms with van der Waals surface area (Å²) >= 11 is 9.36. The molecule has 17 heavy (non-hydrogen) atoms. The quantitative estimate of drug-likeness (QED) is 0.927. The highest BCUT2D eigenvalue weighted by Gasteiger charge is 2.14. The number of benzene rings is 1. The van der Waals surface area contributed by atoms with Crippen LogP contribution >= 0.6 is 27.5 Å². The van der Waals surface area contributed by atoms with Gasteiger partial charge in [-0.2, -0.15) is 0 Å². The maximum atomic E-state index is 5.90. The van der Waals surface area contributed by atoms with Crippen molar-refractivity contribution in [2.24, 2.45) is 5.73 Å². The van der Waals surface area contributed by atoms with E-state index in [1.54, 1.807) is 4.68 Å². The highest BCUT2D eigenvalue weighted by molar-refractivity contribution is 9.10. The van der Waals surface area contributed by atoms with Gasteiger partial charge in [-0.3, -0.25) is 0 Å². The van der Waals surface area contributed by atoms with Gasteiger partial charge in [0.1, 0.15) is 5.69 Å². The molecule has 2 N–H and O–H groups in total. The van der Waals surface area contributed by atoms with E-state index < -0.39 is 0 Å². The third kappa shape index (κ3) is 2.36. The Hall–Kier alpha value is -0.910. The second-order valence-electron chi connectivity index (χ2n) is 3.86. The van der Waals surface area contributed by atoms with Gasteiger partial charge in [0.05, 0.1) is 11.4 Å². The lowest BCUT2D eigenvalue weighted by Gasteiger charge is -2.07. The first-order chi connectivity index (χ1) is 8.00. The number of halogens is 2. The topological polar surface area (TPSA) is 56.7 Å². The van der Waals surface area contributed by atoms with Crippen LogP contribution in [-0.4, -0.2) is 15.0 Å². The molecule has 1 aromatic heterocycles. The van der Waals surface area contributed by atoms with E-state index in [9.17, 15) is 0 Å². The Morgan fingerprint density at radius 2 is 2.18 bits per heavy atom. The zero-order valence-corrected chi connectivity index (χ0v) is 11.8. The maximum Gasteiger partial charge on any atom is 0.102 e. The second-order valence-corrected chi connectivity index (χ2v) is 5.15.